The number of pyridine rings is 1. The average molecular weight is 447 g/mol. The molecule has 0 amide bonds. The van der Waals surface area contributed by atoms with Crippen LogP contribution in [-0.4, -0.2) is 33.1 Å². The van der Waals surface area contributed by atoms with Gasteiger partial charge in [-0.2, -0.15) is 18.2 Å². The van der Waals surface area contributed by atoms with Crippen LogP contribution in [0.25, 0.3) is 33.9 Å². The molecule has 4 aromatic rings. The standard InChI is InChI=1S/C18H11F5N4O2.ClH/c19-14(20)8-28-13-2-1-9(7-12(13)18(21,22)23)17-26-16(27-29-17)11-4-6-25-15-10(11)3-5-24-15;/h1-7,14H,8H2,(H,24,25);1H. The van der Waals surface area contributed by atoms with Gasteiger partial charge in [0.1, 0.15) is 18.0 Å². The summed E-state index contributed by atoms with van der Waals surface area (Å²) in [6, 6.07) is 6.29. The monoisotopic (exact) mass is 446 g/mol. The van der Waals surface area contributed by atoms with Crippen molar-refractivity contribution in [2.75, 3.05) is 6.61 Å². The lowest BCUT2D eigenvalue weighted by molar-refractivity contribution is -0.139. The largest absolute Gasteiger partial charge is 0.487 e. The minimum Gasteiger partial charge on any atom is -0.487 e. The number of hydrogen-bond acceptors (Lipinski definition) is 5. The number of rotatable bonds is 5. The van der Waals surface area contributed by atoms with Crippen molar-refractivity contribution in [1.82, 2.24) is 20.1 Å². The van der Waals surface area contributed by atoms with E-state index in [9.17, 15) is 22.0 Å². The third-order valence-corrected chi connectivity index (χ3v) is 4.02. The molecule has 0 spiro atoms. The van der Waals surface area contributed by atoms with E-state index in [1.165, 1.54) is 12.3 Å². The average Bonchev–Trinajstić information content (AvgIpc) is 3.34. The quantitative estimate of drug-likeness (QED) is 0.417. The van der Waals surface area contributed by atoms with Crippen LogP contribution in [0.15, 0.2) is 47.2 Å². The Morgan fingerprint density at radius 2 is 1.93 bits per heavy atom. The molecule has 0 saturated heterocycles. The van der Waals surface area contributed by atoms with Gasteiger partial charge < -0.3 is 14.2 Å². The summed E-state index contributed by atoms with van der Waals surface area (Å²) in [5, 5.41) is 4.54. The Morgan fingerprint density at radius 1 is 1.13 bits per heavy atom. The minimum atomic E-state index is -4.82. The molecule has 3 heterocycles. The first kappa shape index (κ1) is 21.5. The van der Waals surface area contributed by atoms with Gasteiger partial charge in [-0.1, -0.05) is 5.16 Å². The van der Waals surface area contributed by atoms with Gasteiger partial charge in [-0.05, 0) is 30.3 Å². The van der Waals surface area contributed by atoms with Crippen molar-refractivity contribution < 1.29 is 31.2 Å². The number of ether oxygens (including phenoxy) is 1. The molecule has 0 aliphatic heterocycles. The van der Waals surface area contributed by atoms with E-state index in [0.717, 1.165) is 12.1 Å². The van der Waals surface area contributed by atoms with Crippen LogP contribution in [0, 0.1) is 0 Å². The molecule has 1 aromatic carbocycles. The van der Waals surface area contributed by atoms with Crippen LogP contribution in [0.5, 0.6) is 5.75 Å². The van der Waals surface area contributed by atoms with Crippen molar-refractivity contribution in [3.63, 3.8) is 0 Å². The molecular weight excluding hydrogens is 435 g/mol. The Balaban J connectivity index is 0.00000256. The van der Waals surface area contributed by atoms with Crippen molar-refractivity contribution in [2.24, 2.45) is 0 Å². The number of hydrogen-bond donors (Lipinski definition) is 1. The van der Waals surface area contributed by atoms with Gasteiger partial charge in [0.05, 0.1) is 5.56 Å². The van der Waals surface area contributed by atoms with E-state index in [2.05, 4.69) is 24.8 Å². The second-order valence-electron chi connectivity index (χ2n) is 5.93. The fraction of sp³-hybridized carbons (Fsp3) is 0.167. The summed E-state index contributed by atoms with van der Waals surface area (Å²) in [5.74, 6) is -0.700. The third kappa shape index (κ3) is 4.20. The van der Waals surface area contributed by atoms with Gasteiger partial charge in [-0.3, -0.25) is 0 Å². The molecule has 158 valence electrons. The molecule has 0 bridgehead atoms. The fourth-order valence-electron chi connectivity index (χ4n) is 2.77. The maximum absolute atomic E-state index is 13.3. The zero-order valence-corrected chi connectivity index (χ0v) is 15.6. The highest BCUT2D eigenvalue weighted by Crippen LogP contribution is 2.39. The lowest BCUT2D eigenvalue weighted by Gasteiger charge is -2.14. The Hall–Kier alpha value is -3.21. The van der Waals surface area contributed by atoms with Gasteiger partial charge >= 0.3 is 6.18 Å². The molecule has 30 heavy (non-hydrogen) atoms. The number of aromatic nitrogens is 4. The maximum Gasteiger partial charge on any atom is 0.419 e. The number of alkyl halides is 5. The predicted octanol–water partition coefficient (Wildman–Crippen LogP) is 5.36. The molecule has 0 aliphatic carbocycles. The van der Waals surface area contributed by atoms with E-state index in [-0.39, 0.29) is 29.7 Å². The summed E-state index contributed by atoms with van der Waals surface area (Å²) in [7, 11) is 0. The van der Waals surface area contributed by atoms with Gasteiger partial charge in [0, 0.05) is 28.9 Å². The molecular formula is C18H12ClF5N4O2. The van der Waals surface area contributed by atoms with Gasteiger partial charge in [0.25, 0.3) is 12.3 Å². The number of halogens is 6. The zero-order chi connectivity index (χ0) is 20.6. The van der Waals surface area contributed by atoms with Crippen LogP contribution in [-0.2, 0) is 6.18 Å². The van der Waals surface area contributed by atoms with E-state index in [1.54, 1.807) is 18.3 Å². The minimum absolute atomic E-state index is 0. The molecule has 4 rings (SSSR count). The van der Waals surface area contributed by atoms with Crippen LogP contribution >= 0.6 is 12.4 Å². The van der Waals surface area contributed by atoms with Crippen molar-refractivity contribution in [1.29, 1.82) is 0 Å². The van der Waals surface area contributed by atoms with Gasteiger partial charge in [0.2, 0.25) is 5.82 Å². The first-order chi connectivity index (χ1) is 13.8. The number of benzene rings is 1. The SMILES string of the molecule is Cl.FC(F)COc1ccc(-c2nc(-c3ccnc4[nH]ccc34)no2)cc1C(F)(F)F. The number of fused-ring (bicyclic) bond motifs is 1. The van der Waals surface area contributed by atoms with Gasteiger partial charge in [-0.25, -0.2) is 13.8 Å². The van der Waals surface area contributed by atoms with E-state index < -0.39 is 30.5 Å². The second kappa shape index (κ2) is 8.27. The van der Waals surface area contributed by atoms with Crippen molar-refractivity contribution in [2.45, 2.75) is 12.6 Å². The molecule has 0 radical (unpaired) electrons. The number of aromatic amines is 1. The van der Waals surface area contributed by atoms with E-state index in [1.807, 2.05) is 0 Å². The molecule has 0 atom stereocenters. The van der Waals surface area contributed by atoms with Crippen LogP contribution in [0.1, 0.15) is 5.56 Å². The summed E-state index contributed by atoms with van der Waals surface area (Å²) >= 11 is 0. The molecule has 1 N–H and O–H groups in total. The molecule has 0 fully saturated rings. The summed E-state index contributed by atoms with van der Waals surface area (Å²) < 4.78 is 74.3. The lowest BCUT2D eigenvalue weighted by Crippen LogP contribution is -2.13. The van der Waals surface area contributed by atoms with Crippen molar-refractivity contribution in [3.8, 4) is 28.6 Å². The molecule has 6 nitrogen and oxygen atoms in total. The zero-order valence-electron chi connectivity index (χ0n) is 14.8. The first-order valence-corrected chi connectivity index (χ1v) is 8.21. The van der Waals surface area contributed by atoms with Crippen LogP contribution < -0.4 is 4.74 Å². The molecule has 12 heteroatoms. The Morgan fingerprint density at radius 3 is 2.67 bits per heavy atom. The highest BCUT2D eigenvalue weighted by atomic mass is 35.5. The number of nitrogens with one attached hydrogen (secondary N) is 1. The highest BCUT2D eigenvalue weighted by molar-refractivity contribution is 5.90. The normalized spacial score (nSPS) is 11.7. The number of H-pyrrole nitrogens is 1. The summed E-state index contributed by atoms with van der Waals surface area (Å²) in [6.07, 6.45) is -4.52. The Kier molecular flexibility index (Phi) is 5.92. The lowest BCUT2D eigenvalue weighted by atomic mass is 10.1. The molecule has 0 aliphatic rings. The summed E-state index contributed by atoms with van der Waals surface area (Å²) in [4.78, 5) is 11.2. The predicted molar refractivity (Wildman–Crippen MR) is 98.6 cm³/mol. The van der Waals surface area contributed by atoms with Crippen LogP contribution in [0.2, 0.25) is 0 Å². The Labute approximate surface area is 171 Å². The van der Waals surface area contributed by atoms with E-state index in [4.69, 9.17) is 4.52 Å². The first-order valence-electron chi connectivity index (χ1n) is 8.21. The maximum atomic E-state index is 13.3. The summed E-state index contributed by atoms with van der Waals surface area (Å²) in [6.45, 7) is -1.15. The molecule has 3 aromatic heterocycles. The van der Waals surface area contributed by atoms with Crippen molar-refractivity contribution >= 4 is 23.4 Å². The molecule has 0 unspecified atom stereocenters. The van der Waals surface area contributed by atoms with Crippen LogP contribution in [0.3, 0.4) is 0 Å². The van der Waals surface area contributed by atoms with Crippen LogP contribution in [0.4, 0.5) is 22.0 Å². The van der Waals surface area contributed by atoms with E-state index in [0.29, 0.717) is 16.6 Å². The third-order valence-electron chi connectivity index (χ3n) is 4.02. The number of nitrogens with zero attached hydrogens (tertiary/aromatic N) is 3. The van der Waals surface area contributed by atoms with Crippen molar-refractivity contribution in [3.05, 3.63) is 48.3 Å². The Bertz CT molecular complexity index is 1160. The van der Waals surface area contributed by atoms with Gasteiger partial charge in [0.15, 0.2) is 0 Å². The molecule has 0 saturated carbocycles. The van der Waals surface area contributed by atoms with E-state index >= 15 is 0 Å². The fourth-order valence-corrected chi connectivity index (χ4v) is 2.77. The summed E-state index contributed by atoms with van der Waals surface area (Å²) in [5.41, 5.74) is -0.0694. The topological polar surface area (TPSA) is 76.8 Å². The second-order valence-corrected chi connectivity index (χ2v) is 5.93. The van der Waals surface area contributed by atoms with Gasteiger partial charge in [-0.15, -0.1) is 12.4 Å². The smallest absolute Gasteiger partial charge is 0.419 e. The highest BCUT2D eigenvalue weighted by Gasteiger charge is 2.35.